The van der Waals surface area contributed by atoms with E-state index in [9.17, 15) is 4.39 Å². The van der Waals surface area contributed by atoms with Gasteiger partial charge in [-0.2, -0.15) is 0 Å². The standard InChI is InChI=1S/C12H18FNO/c1-8-7-11(15-6-5-14-4)10(3)12(13)9(8)2/h7,14H,5-6H2,1-4H3. The molecule has 0 aliphatic carbocycles. The van der Waals surface area contributed by atoms with Crippen LogP contribution >= 0.6 is 0 Å². The third-order valence-electron chi connectivity index (χ3n) is 2.58. The van der Waals surface area contributed by atoms with Crippen molar-refractivity contribution in [3.8, 4) is 5.75 Å². The Morgan fingerprint density at radius 1 is 1.27 bits per heavy atom. The minimum Gasteiger partial charge on any atom is -0.492 e. The maximum Gasteiger partial charge on any atom is 0.132 e. The lowest BCUT2D eigenvalue weighted by molar-refractivity contribution is 0.314. The Morgan fingerprint density at radius 3 is 2.53 bits per heavy atom. The predicted molar refractivity (Wildman–Crippen MR) is 60.0 cm³/mol. The molecule has 1 aromatic carbocycles. The lowest BCUT2D eigenvalue weighted by atomic mass is 10.0. The molecule has 1 N–H and O–H groups in total. The summed E-state index contributed by atoms with van der Waals surface area (Å²) in [6, 6.07) is 1.89. The SMILES string of the molecule is CNCCOc1cc(C)c(C)c(F)c1C. The minimum atomic E-state index is -0.158. The van der Waals surface area contributed by atoms with Crippen LogP contribution in [0.25, 0.3) is 0 Å². The Hall–Kier alpha value is -1.09. The van der Waals surface area contributed by atoms with Gasteiger partial charge in [-0.05, 0) is 45.0 Å². The summed E-state index contributed by atoms with van der Waals surface area (Å²) in [5.74, 6) is 0.486. The maximum atomic E-state index is 13.7. The number of hydrogen-bond donors (Lipinski definition) is 1. The summed E-state index contributed by atoms with van der Waals surface area (Å²) in [5, 5.41) is 2.98. The second-order valence-corrected chi connectivity index (χ2v) is 3.71. The molecule has 1 aromatic rings. The fourth-order valence-corrected chi connectivity index (χ4v) is 1.39. The average Bonchev–Trinajstić information content (AvgIpc) is 2.23. The fraction of sp³-hybridized carbons (Fsp3) is 0.500. The first-order valence-corrected chi connectivity index (χ1v) is 5.11. The molecular formula is C12H18FNO. The van der Waals surface area contributed by atoms with Gasteiger partial charge in [0.15, 0.2) is 0 Å². The normalized spacial score (nSPS) is 10.5. The number of nitrogens with one attached hydrogen (secondary N) is 1. The van der Waals surface area contributed by atoms with Gasteiger partial charge in [0.05, 0.1) is 0 Å². The van der Waals surface area contributed by atoms with E-state index in [1.165, 1.54) is 0 Å². The molecule has 3 heteroatoms. The molecule has 0 amide bonds. The molecule has 84 valence electrons. The second-order valence-electron chi connectivity index (χ2n) is 3.71. The summed E-state index contributed by atoms with van der Waals surface area (Å²) >= 11 is 0. The van der Waals surface area contributed by atoms with E-state index in [4.69, 9.17) is 4.74 Å². The fourth-order valence-electron chi connectivity index (χ4n) is 1.39. The van der Waals surface area contributed by atoms with Crippen LogP contribution in [0.1, 0.15) is 16.7 Å². The van der Waals surface area contributed by atoms with Gasteiger partial charge in [-0.3, -0.25) is 0 Å². The zero-order valence-corrected chi connectivity index (χ0v) is 9.78. The molecule has 0 aromatic heterocycles. The van der Waals surface area contributed by atoms with E-state index in [1.807, 2.05) is 20.0 Å². The molecule has 2 nitrogen and oxygen atoms in total. The molecule has 0 saturated heterocycles. The van der Waals surface area contributed by atoms with E-state index in [-0.39, 0.29) is 5.82 Å². The van der Waals surface area contributed by atoms with Crippen molar-refractivity contribution in [2.45, 2.75) is 20.8 Å². The van der Waals surface area contributed by atoms with Crippen molar-refractivity contribution in [3.63, 3.8) is 0 Å². The molecular weight excluding hydrogens is 193 g/mol. The van der Waals surface area contributed by atoms with Gasteiger partial charge in [0.2, 0.25) is 0 Å². The first kappa shape index (κ1) is 12.0. The topological polar surface area (TPSA) is 21.3 Å². The third-order valence-corrected chi connectivity index (χ3v) is 2.58. The van der Waals surface area contributed by atoms with E-state index in [0.29, 0.717) is 23.5 Å². The van der Waals surface area contributed by atoms with Crippen LogP contribution in [-0.4, -0.2) is 20.2 Å². The van der Waals surface area contributed by atoms with Crippen LogP contribution < -0.4 is 10.1 Å². The average molecular weight is 211 g/mol. The van der Waals surface area contributed by atoms with Gasteiger partial charge in [0.1, 0.15) is 18.2 Å². The monoisotopic (exact) mass is 211 g/mol. The molecule has 0 radical (unpaired) electrons. The molecule has 0 bridgehead atoms. The van der Waals surface area contributed by atoms with Gasteiger partial charge in [0, 0.05) is 12.1 Å². The summed E-state index contributed by atoms with van der Waals surface area (Å²) in [6.07, 6.45) is 0. The Balaban J connectivity index is 2.89. The van der Waals surface area contributed by atoms with Crippen LogP contribution in [0.2, 0.25) is 0 Å². The van der Waals surface area contributed by atoms with Crippen LogP contribution in [0, 0.1) is 26.6 Å². The second kappa shape index (κ2) is 5.12. The largest absolute Gasteiger partial charge is 0.492 e. The molecule has 1 rings (SSSR count). The van der Waals surface area contributed by atoms with E-state index in [1.54, 1.807) is 13.8 Å². The van der Waals surface area contributed by atoms with Gasteiger partial charge in [-0.1, -0.05) is 0 Å². The molecule has 0 fully saturated rings. The van der Waals surface area contributed by atoms with E-state index >= 15 is 0 Å². The molecule has 0 aliphatic heterocycles. The Labute approximate surface area is 90.4 Å². The number of rotatable bonds is 4. The molecule has 0 spiro atoms. The predicted octanol–water partition coefficient (Wildman–Crippen LogP) is 2.35. The highest BCUT2D eigenvalue weighted by Gasteiger charge is 2.10. The van der Waals surface area contributed by atoms with Crippen molar-refractivity contribution < 1.29 is 9.13 Å². The Kier molecular flexibility index (Phi) is 4.09. The Morgan fingerprint density at radius 2 is 1.93 bits per heavy atom. The first-order chi connectivity index (χ1) is 7.07. The summed E-state index contributed by atoms with van der Waals surface area (Å²) in [4.78, 5) is 0. The van der Waals surface area contributed by atoms with Gasteiger partial charge in [0.25, 0.3) is 0 Å². The summed E-state index contributed by atoms with van der Waals surface area (Å²) in [5.41, 5.74) is 2.22. The van der Waals surface area contributed by atoms with Crippen LogP contribution in [0.3, 0.4) is 0 Å². The summed E-state index contributed by atoms with van der Waals surface area (Å²) < 4.78 is 19.2. The number of halogens is 1. The Bertz CT molecular complexity index is 350. The van der Waals surface area contributed by atoms with Gasteiger partial charge in [-0.25, -0.2) is 4.39 Å². The van der Waals surface area contributed by atoms with Crippen molar-refractivity contribution in [1.29, 1.82) is 0 Å². The first-order valence-electron chi connectivity index (χ1n) is 5.11. The van der Waals surface area contributed by atoms with Crippen LogP contribution in [0.4, 0.5) is 4.39 Å². The smallest absolute Gasteiger partial charge is 0.132 e. The van der Waals surface area contributed by atoms with Crippen molar-refractivity contribution >= 4 is 0 Å². The maximum absolute atomic E-state index is 13.7. The summed E-state index contributed by atoms with van der Waals surface area (Å²) in [7, 11) is 1.86. The van der Waals surface area contributed by atoms with E-state index in [2.05, 4.69) is 5.32 Å². The van der Waals surface area contributed by atoms with Crippen LogP contribution in [0.5, 0.6) is 5.75 Å². The van der Waals surface area contributed by atoms with Gasteiger partial charge in [-0.15, -0.1) is 0 Å². The minimum absolute atomic E-state index is 0.158. The third kappa shape index (κ3) is 2.69. The zero-order chi connectivity index (χ0) is 11.4. The lowest BCUT2D eigenvalue weighted by Gasteiger charge is -2.12. The molecule has 0 saturated carbocycles. The van der Waals surface area contributed by atoms with Crippen LogP contribution in [0.15, 0.2) is 6.07 Å². The molecule has 0 heterocycles. The van der Waals surface area contributed by atoms with Crippen molar-refractivity contribution in [1.82, 2.24) is 5.32 Å². The van der Waals surface area contributed by atoms with Crippen LogP contribution in [-0.2, 0) is 0 Å². The molecule has 0 unspecified atom stereocenters. The number of ether oxygens (including phenoxy) is 1. The van der Waals surface area contributed by atoms with Gasteiger partial charge < -0.3 is 10.1 Å². The van der Waals surface area contributed by atoms with Crippen molar-refractivity contribution in [2.24, 2.45) is 0 Å². The highest BCUT2D eigenvalue weighted by atomic mass is 19.1. The van der Waals surface area contributed by atoms with Gasteiger partial charge >= 0.3 is 0 Å². The zero-order valence-electron chi connectivity index (χ0n) is 9.78. The number of aryl methyl sites for hydroxylation is 1. The van der Waals surface area contributed by atoms with Crippen molar-refractivity contribution in [3.05, 3.63) is 28.6 Å². The highest BCUT2D eigenvalue weighted by Crippen LogP contribution is 2.26. The summed E-state index contributed by atoms with van der Waals surface area (Å²) in [6.45, 7) is 6.74. The number of likely N-dealkylation sites (N-methyl/N-ethyl adjacent to an activating group) is 1. The highest BCUT2D eigenvalue weighted by molar-refractivity contribution is 5.42. The van der Waals surface area contributed by atoms with E-state index < -0.39 is 0 Å². The quantitative estimate of drug-likeness (QED) is 0.772. The number of hydrogen-bond acceptors (Lipinski definition) is 2. The number of benzene rings is 1. The molecule has 15 heavy (non-hydrogen) atoms. The molecule has 0 aliphatic rings. The van der Waals surface area contributed by atoms with E-state index in [0.717, 1.165) is 12.1 Å². The molecule has 0 atom stereocenters. The lowest BCUT2D eigenvalue weighted by Crippen LogP contribution is -2.16. The van der Waals surface area contributed by atoms with Crippen molar-refractivity contribution in [2.75, 3.05) is 20.2 Å².